The molecule has 2 rings (SSSR count). The summed E-state index contributed by atoms with van der Waals surface area (Å²) in [5, 5.41) is 4.16. The van der Waals surface area contributed by atoms with Crippen molar-refractivity contribution in [2.75, 3.05) is 17.5 Å². The number of ketones is 1. The van der Waals surface area contributed by atoms with Gasteiger partial charge in [-0.1, -0.05) is 6.07 Å². The molecule has 0 fully saturated rings. The summed E-state index contributed by atoms with van der Waals surface area (Å²) in [6.07, 6.45) is -0.0324. The maximum absolute atomic E-state index is 12.3. The Balaban J connectivity index is 1.87. The molecule has 1 heterocycles. The standard InChI is InChI=1S/C17H18N2O6S2/c1-11(25-15(20)10-18-17(22)14-4-3-9-26-14)16(21)12-5-7-13(8-6-12)19-27(2,23)24/h3-9,11,19H,10H2,1-2H3,(H,18,22)/t11-/m1/s1. The van der Waals surface area contributed by atoms with Gasteiger partial charge in [-0.2, -0.15) is 0 Å². The molecule has 0 aliphatic rings. The number of esters is 1. The normalized spacial score (nSPS) is 12.1. The highest BCUT2D eigenvalue weighted by molar-refractivity contribution is 7.92. The Kier molecular flexibility index (Phi) is 6.70. The molecule has 1 atom stereocenters. The molecule has 0 saturated heterocycles. The first-order chi connectivity index (χ1) is 12.7. The summed E-state index contributed by atoms with van der Waals surface area (Å²) < 4.78 is 29.7. The number of thiophene rings is 1. The highest BCUT2D eigenvalue weighted by Gasteiger charge is 2.20. The molecule has 10 heteroatoms. The lowest BCUT2D eigenvalue weighted by Crippen LogP contribution is -2.33. The highest BCUT2D eigenvalue weighted by Crippen LogP contribution is 2.13. The van der Waals surface area contributed by atoms with Crippen molar-refractivity contribution in [1.29, 1.82) is 0 Å². The summed E-state index contributed by atoms with van der Waals surface area (Å²) in [6.45, 7) is 1.07. The van der Waals surface area contributed by atoms with Gasteiger partial charge in [0, 0.05) is 11.3 Å². The maximum atomic E-state index is 12.3. The fourth-order valence-electron chi connectivity index (χ4n) is 2.09. The Bertz CT molecular complexity index is 921. The molecule has 0 saturated carbocycles. The maximum Gasteiger partial charge on any atom is 0.326 e. The van der Waals surface area contributed by atoms with Crippen LogP contribution in [0.25, 0.3) is 0 Å². The van der Waals surface area contributed by atoms with E-state index in [1.807, 2.05) is 0 Å². The van der Waals surface area contributed by atoms with Crippen LogP contribution in [0.5, 0.6) is 0 Å². The largest absolute Gasteiger partial charge is 0.453 e. The molecule has 0 spiro atoms. The topological polar surface area (TPSA) is 119 Å². The SMILES string of the molecule is C[C@@H](OC(=O)CNC(=O)c1cccs1)C(=O)c1ccc(NS(C)(=O)=O)cc1. The zero-order valence-corrected chi connectivity index (χ0v) is 16.2. The van der Waals surface area contributed by atoms with Crippen LogP contribution in [0.1, 0.15) is 27.0 Å². The van der Waals surface area contributed by atoms with Crippen molar-refractivity contribution in [2.45, 2.75) is 13.0 Å². The van der Waals surface area contributed by atoms with Crippen molar-refractivity contribution in [3.05, 3.63) is 52.2 Å². The number of rotatable bonds is 8. The van der Waals surface area contributed by atoms with E-state index in [0.717, 1.165) is 6.26 Å². The Morgan fingerprint density at radius 3 is 2.37 bits per heavy atom. The molecular formula is C17H18N2O6S2. The molecular weight excluding hydrogens is 392 g/mol. The van der Waals surface area contributed by atoms with Gasteiger partial charge in [0.25, 0.3) is 5.91 Å². The van der Waals surface area contributed by atoms with E-state index < -0.39 is 33.8 Å². The number of anilines is 1. The number of carbonyl (C=O) groups excluding carboxylic acids is 3. The van der Waals surface area contributed by atoms with Crippen molar-refractivity contribution in [2.24, 2.45) is 0 Å². The average molecular weight is 410 g/mol. The zero-order chi connectivity index (χ0) is 20.0. The summed E-state index contributed by atoms with van der Waals surface area (Å²) in [7, 11) is -3.41. The third-order valence-electron chi connectivity index (χ3n) is 3.29. The van der Waals surface area contributed by atoms with Crippen molar-refractivity contribution >= 4 is 44.7 Å². The van der Waals surface area contributed by atoms with Crippen LogP contribution in [0, 0.1) is 0 Å². The number of nitrogens with one attached hydrogen (secondary N) is 2. The van der Waals surface area contributed by atoms with Gasteiger partial charge < -0.3 is 10.1 Å². The quantitative estimate of drug-likeness (QED) is 0.505. The number of carbonyl (C=O) groups is 3. The lowest BCUT2D eigenvalue weighted by Gasteiger charge is -2.13. The fourth-order valence-corrected chi connectivity index (χ4v) is 3.30. The van der Waals surface area contributed by atoms with E-state index in [-0.39, 0.29) is 12.1 Å². The van der Waals surface area contributed by atoms with E-state index in [9.17, 15) is 22.8 Å². The van der Waals surface area contributed by atoms with Crippen LogP contribution in [-0.4, -0.2) is 45.0 Å². The van der Waals surface area contributed by atoms with Gasteiger partial charge in [0.05, 0.1) is 11.1 Å². The number of Topliss-reactive ketones (excluding diaryl/α,β-unsaturated/α-hetero) is 1. The number of ether oxygens (including phenoxy) is 1. The van der Waals surface area contributed by atoms with Gasteiger partial charge in [0.2, 0.25) is 15.8 Å². The van der Waals surface area contributed by atoms with Crippen molar-refractivity contribution in [3.8, 4) is 0 Å². The first-order valence-electron chi connectivity index (χ1n) is 7.79. The Hall–Kier alpha value is -2.72. The van der Waals surface area contributed by atoms with Crippen molar-refractivity contribution in [3.63, 3.8) is 0 Å². The summed E-state index contributed by atoms with van der Waals surface area (Å²) in [4.78, 5) is 36.3. The second kappa shape index (κ2) is 8.78. The van der Waals surface area contributed by atoms with Gasteiger partial charge in [0.1, 0.15) is 6.54 Å². The minimum atomic E-state index is -3.41. The molecule has 1 amide bonds. The predicted octanol–water partition coefficient (Wildman–Crippen LogP) is 1.66. The smallest absolute Gasteiger partial charge is 0.326 e. The van der Waals surface area contributed by atoms with Crippen LogP contribution >= 0.6 is 11.3 Å². The van der Waals surface area contributed by atoms with Gasteiger partial charge in [-0.15, -0.1) is 11.3 Å². The van der Waals surface area contributed by atoms with E-state index >= 15 is 0 Å². The molecule has 0 bridgehead atoms. The molecule has 0 aliphatic carbocycles. The van der Waals surface area contributed by atoms with Crippen LogP contribution in [0.2, 0.25) is 0 Å². The second-order valence-electron chi connectivity index (χ2n) is 5.61. The molecule has 0 unspecified atom stereocenters. The molecule has 1 aromatic carbocycles. The lowest BCUT2D eigenvalue weighted by molar-refractivity contribution is -0.145. The number of sulfonamides is 1. The molecule has 1 aromatic heterocycles. The van der Waals surface area contributed by atoms with E-state index in [4.69, 9.17) is 4.74 Å². The molecule has 2 N–H and O–H groups in total. The molecule has 2 aromatic rings. The van der Waals surface area contributed by atoms with Gasteiger partial charge >= 0.3 is 5.97 Å². The predicted molar refractivity (Wildman–Crippen MR) is 101 cm³/mol. The van der Waals surface area contributed by atoms with E-state index in [1.165, 1.54) is 42.5 Å². The zero-order valence-electron chi connectivity index (χ0n) is 14.6. The number of amides is 1. The summed E-state index contributed by atoms with van der Waals surface area (Å²) >= 11 is 1.24. The van der Waals surface area contributed by atoms with Crippen LogP contribution in [0.3, 0.4) is 0 Å². The molecule has 0 radical (unpaired) electrons. The van der Waals surface area contributed by atoms with E-state index in [0.29, 0.717) is 10.6 Å². The lowest BCUT2D eigenvalue weighted by atomic mass is 10.1. The summed E-state index contributed by atoms with van der Waals surface area (Å²) in [5.74, 6) is -1.58. The van der Waals surface area contributed by atoms with Crippen LogP contribution in [-0.2, 0) is 19.6 Å². The van der Waals surface area contributed by atoms with Crippen LogP contribution < -0.4 is 10.0 Å². The van der Waals surface area contributed by atoms with Crippen LogP contribution in [0.4, 0.5) is 5.69 Å². The third kappa shape index (κ3) is 6.50. The van der Waals surface area contributed by atoms with E-state index in [1.54, 1.807) is 17.5 Å². The fraction of sp³-hybridized carbons (Fsp3) is 0.235. The molecule has 0 aliphatic heterocycles. The summed E-state index contributed by atoms with van der Waals surface area (Å²) in [5.41, 5.74) is 0.576. The minimum absolute atomic E-state index is 0.261. The van der Waals surface area contributed by atoms with Gasteiger partial charge in [-0.3, -0.25) is 19.1 Å². The highest BCUT2D eigenvalue weighted by atomic mass is 32.2. The number of benzene rings is 1. The Labute approximate surface area is 160 Å². The van der Waals surface area contributed by atoms with Crippen molar-refractivity contribution in [1.82, 2.24) is 5.32 Å². The molecule has 144 valence electrons. The number of hydrogen-bond acceptors (Lipinski definition) is 7. The number of hydrogen-bond donors (Lipinski definition) is 2. The van der Waals surface area contributed by atoms with Crippen LogP contribution in [0.15, 0.2) is 41.8 Å². The van der Waals surface area contributed by atoms with Gasteiger partial charge in [-0.05, 0) is 42.6 Å². The average Bonchev–Trinajstić information content (AvgIpc) is 3.13. The first-order valence-corrected chi connectivity index (χ1v) is 10.6. The third-order valence-corrected chi connectivity index (χ3v) is 4.76. The van der Waals surface area contributed by atoms with E-state index in [2.05, 4.69) is 10.0 Å². The molecule has 27 heavy (non-hydrogen) atoms. The van der Waals surface area contributed by atoms with Gasteiger partial charge in [-0.25, -0.2) is 8.42 Å². The summed E-state index contributed by atoms with van der Waals surface area (Å²) in [6, 6.07) is 9.07. The Morgan fingerprint density at radius 1 is 1.15 bits per heavy atom. The molecule has 8 nitrogen and oxygen atoms in total. The minimum Gasteiger partial charge on any atom is -0.453 e. The Morgan fingerprint density at radius 2 is 1.81 bits per heavy atom. The van der Waals surface area contributed by atoms with Gasteiger partial charge in [0.15, 0.2) is 6.10 Å². The first kappa shape index (κ1) is 20.6. The monoisotopic (exact) mass is 410 g/mol. The second-order valence-corrected chi connectivity index (χ2v) is 8.30. The van der Waals surface area contributed by atoms with Crippen molar-refractivity contribution < 1.29 is 27.5 Å².